The molecule has 0 saturated carbocycles. The summed E-state index contributed by atoms with van der Waals surface area (Å²) < 4.78 is 42.9. The van der Waals surface area contributed by atoms with Gasteiger partial charge in [-0.3, -0.25) is 9.59 Å². The molecule has 8 nitrogen and oxygen atoms in total. The number of hydrogen-bond acceptors (Lipinski definition) is 5. The van der Waals surface area contributed by atoms with Crippen molar-refractivity contribution < 1.29 is 22.4 Å². The molecular weight excluding hydrogens is 471 g/mol. The predicted molar refractivity (Wildman–Crippen MR) is 130 cm³/mol. The highest BCUT2D eigenvalue weighted by atomic mass is 32.2. The molecule has 2 aromatic carbocycles. The van der Waals surface area contributed by atoms with Crippen LogP contribution in [0.4, 0.5) is 10.1 Å². The largest absolute Gasteiger partial charge is 0.349 e. The van der Waals surface area contributed by atoms with Crippen LogP contribution in [0.2, 0.25) is 0 Å². The molecule has 1 N–H and O–H groups in total. The second-order valence-electron chi connectivity index (χ2n) is 9.17. The van der Waals surface area contributed by atoms with Crippen molar-refractivity contribution in [3.05, 3.63) is 59.4 Å². The highest BCUT2D eigenvalue weighted by Crippen LogP contribution is 2.35. The maximum Gasteiger partial charge on any atom is 0.286 e. The normalized spacial score (nSPS) is 19.7. The van der Waals surface area contributed by atoms with Crippen LogP contribution in [0.5, 0.6) is 0 Å². The van der Waals surface area contributed by atoms with Crippen molar-refractivity contribution in [1.82, 2.24) is 10.2 Å². The maximum absolute atomic E-state index is 13.2. The first-order valence-electron chi connectivity index (χ1n) is 11.9. The maximum atomic E-state index is 13.2. The molecule has 0 bridgehead atoms. The first kappa shape index (κ1) is 23.5. The van der Waals surface area contributed by atoms with Gasteiger partial charge in [0.15, 0.2) is 0 Å². The summed E-state index contributed by atoms with van der Waals surface area (Å²) in [7, 11) is -3.86. The molecule has 0 radical (unpaired) electrons. The van der Waals surface area contributed by atoms with E-state index in [2.05, 4.69) is 9.71 Å². The van der Waals surface area contributed by atoms with E-state index in [0.29, 0.717) is 61.5 Å². The van der Waals surface area contributed by atoms with Crippen molar-refractivity contribution in [1.29, 1.82) is 0 Å². The van der Waals surface area contributed by atoms with Crippen LogP contribution < -0.4 is 10.2 Å². The molecule has 0 unspecified atom stereocenters. The van der Waals surface area contributed by atoms with Gasteiger partial charge in [0, 0.05) is 43.2 Å². The van der Waals surface area contributed by atoms with Crippen LogP contribution in [0.25, 0.3) is 0 Å². The van der Waals surface area contributed by atoms with Crippen LogP contribution in [-0.2, 0) is 10.0 Å². The van der Waals surface area contributed by atoms with E-state index in [9.17, 15) is 22.4 Å². The Morgan fingerprint density at radius 2 is 1.66 bits per heavy atom. The Balaban J connectivity index is 1.26. The van der Waals surface area contributed by atoms with Crippen LogP contribution in [0.1, 0.15) is 59.2 Å². The molecule has 184 valence electrons. The molecular formula is C25H27FN4O4S. The van der Waals surface area contributed by atoms with Crippen molar-refractivity contribution in [3.63, 3.8) is 0 Å². The number of piperidine rings is 1. The third kappa shape index (κ3) is 4.80. The van der Waals surface area contributed by atoms with Crippen molar-refractivity contribution >= 4 is 33.4 Å². The van der Waals surface area contributed by atoms with Crippen LogP contribution in [0.15, 0.2) is 51.8 Å². The molecule has 3 heterocycles. The number of sulfonamides is 1. The zero-order chi connectivity index (χ0) is 24.6. The van der Waals surface area contributed by atoms with Gasteiger partial charge in [-0.1, -0.05) is 6.42 Å². The van der Waals surface area contributed by atoms with E-state index in [0.717, 1.165) is 19.3 Å². The van der Waals surface area contributed by atoms with Gasteiger partial charge in [0.05, 0.1) is 5.69 Å². The van der Waals surface area contributed by atoms with Crippen molar-refractivity contribution in [2.24, 2.45) is 4.40 Å². The average Bonchev–Trinajstić information content (AvgIpc) is 3.09. The summed E-state index contributed by atoms with van der Waals surface area (Å²) in [6, 6.07) is 10.1. The number of benzene rings is 2. The minimum atomic E-state index is -3.86. The van der Waals surface area contributed by atoms with Crippen LogP contribution >= 0.6 is 0 Å². The molecule has 35 heavy (non-hydrogen) atoms. The Hall–Kier alpha value is -3.27. The quantitative estimate of drug-likeness (QED) is 0.700. The van der Waals surface area contributed by atoms with E-state index < -0.39 is 15.8 Å². The van der Waals surface area contributed by atoms with Gasteiger partial charge in [-0.15, -0.1) is 4.40 Å². The third-order valence-electron chi connectivity index (χ3n) is 6.82. The number of amidine groups is 1. The molecule has 2 fully saturated rings. The van der Waals surface area contributed by atoms with E-state index in [1.54, 1.807) is 17.0 Å². The lowest BCUT2D eigenvalue weighted by molar-refractivity contribution is 0.0698. The Kier molecular flexibility index (Phi) is 6.31. The fourth-order valence-electron chi connectivity index (χ4n) is 4.89. The number of fused-ring (bicyclic) bond motifs is 3. The lowest BCUT2D eigenvalue weighted by Crippen LogP contribution is -2.46. The summed E-state index contributed by atoms with van der Waals surface area (Å²) in [5, 5.41) is 2.94. The molecule has 0 aliphatic carbocycles. The molecule has 2 amide bonds. The van der Waals surface area contributed by atoms with E-state index in [4.69, 9.17) is 0 Å². The summed E-state index contributed by atoms with van der Waals surface area (Å²) in [6.07, 6.45) is 4.68. The minimum absolute atomic E-state index is 0.0791. The highest BCUT2D eigenvalue weighted by molar-refractivity contribution is 7.90. The summed E-state index contributed by atoms with van der Waals surface area (Å²) >= 11 is 0. The number of hydrogen-bond donors (Lipinski definition) is 1. The number of amides is 2. The second-order valence-corrected chi connectivity index (χ2v) is 10.7. The van der Waals surface area contributed by atoms with Gasteiger partial charge in [0.2, 0.25) is 0 Å². The first-order chi connectivity index (χ1) is 16.8. The zero-order valence-corrected chi connectivity index (χ0v) is 20.1. The van der Waals surface area contributed by atoms with Crippen LogP contribution in [0.3, 0.4) is 0 Å². The average molecular weight is 499 g/mol. The van der Waals surface area contributed by atoms with Crippen LogP contribution in [0, 0.1) is 5.82 Å². The fraction of sp³-hybridized carbons (Fsp3) is 0.400. The molecule has 3 aliphatic heterocycles. The lowest BCUT2D eigenvalue weighted by Gasteiger charge is -2.33. The van der Waals surface area contributed by atoms with Crippen molar-refractivity contribution in [2.45, 2.75) is 49.5 Å². The van der Waals surface area contributed by atoms with Gasteiger partial charge in [-0.05, 0) is 68.1 Å². The molecule has 2 saturated heterocycles. The molecule has 5 rings (SSSR count). The first-order valence-corrected chi connectivity index (χ1v) is 13.4. The smallest absolute Gasteiger partial charge is 0.286 e. The summed E-state index contributed by atoms with van der Waals surface area (Å²) in [5.74, 6) is -0.332. The Bertz CT molecular complexity index is 1290. The molecule has 10 heteroatoms. The van der Waals surface area contributed by atoms with Crippen LogP contribution in [-0.4, -0.2) is 56.6 Å². The number of carbonyl (C=O) groups is 2. The zero-order valence-electron chi connectivity index (χ0n) is 19.2. The van der Waals surface area contributed by atoms with Gasteiger partial charge < -0.3 is 15.1 Å². The lowest BCUT2D eigenvalue weighted by atomic mass is 10.0. The number of anilines is 1. The SMILES string of the molecule is O=C(NC1CCN(C(=O)c2ccc3c(c2)S(=O)(=O)N=C2CCCCCN23)CC1)c1ccc(F)cc1. The summed E-state index contributed by atoms with van der Waals surface area (Å²) in [5.41, 5.74) is 1.29. The van der Waals surface area contributed by atoms with E-state index in [-0.39, 0.29) is 22.8 Å². The number of likely N-dealkylation sites (tertiary alicyclic amines) is 1. The molecule has 2 aromatic rings. The standard InChI is InChI=1S/C25H27FN4O4S/c26-19-8-5-17(6-9-19)24(31)27-20-11-14-29(15-12-20)25(32)18-7-10-21-22(16-18)35(33,34)28-23-4-2-1-3-13-30(21)23/h5-10,16,20H,1-4,11-15H2,(H,27,31). The number of rotatable bonds is 3. The molecule has 3 aliphatic rings. The minimum Gasteiger partial charge on any atom is -0.349 e. The van der Waals surface area contributed by atoms with E-state index in [1.165, 1.54) is 30.3 Å². The second kappa shape index (κ2) is 9.41. The summed E-state index contributed by atoms with van der Waals surface area (Å²) in [6.45, 7) is 1.59. The van der Waals surface area contributed by atoms with Gasteiger partial charge in [-0.25, -0.2) is 4.39 Å². The van der Waals surface area contributed by atoms with E-state index in [1.807, 2.05) is 4.90 Å². The van der Waals surface area contributed by atoms with Gasteiger partial charge >= 0.3 is 0 Å². The van der Waals surface area contributed by atoms with E-state index >= 15 is 0 Å². The summed E-state index contributed by atoms with van der Waals surface area (Å²) in [4.78, 5) is 29.3. The molecule has 0 atom stereocenters. The van der Waals surface area contributed by atoms with Gasteiger partial charge in [0.25, 0.3) is 21.8 Å². The molecule has 0 aromatic heterocycles. The highest BCUT2D eigenvalue weighted by Gasteiger charge is 2.33. The molecule has 0 spiro atoms. The third-order valence-corrected chi connectivity index (χ3v) is 8.15. The predicted octanol–water partition coefficient (Wildman–Crippen LogP) is 3.34. The Morgan fingerprint density at radius 3 is 2.40 bits per heavy atom. The topological polar surface area (TPSA) is 99.2 Å². The number of carbonyl (C=O) groups excluding carboxylic acids is 2. The van der Waals surface area contributed by atoms with Gasteiger partial charge in [-0.2, -0.15) is 8.42 Å². The fourth-order valence-corrected chi connectivity index (χ4v) is 6.18. The van der Waals surface area contributed by atoms with Crippen molar-refractivity contribution in [3.8, 4) is 0 Å². The monoisotopic (exact) mass is 498 g/mol. The van der Waals surface area contributed by atoms with Gasteiger partial charge in [0.1, 0.15) is 16.5 Å². The number of nitrogens with one attached hydrogen (secondary N) is 1. The number of halogens is 1. The van der Waals surface area contributed by atoms with Crippen molar-refractivity contribution in [2.75, 3.05) is 24.5 Å². The Morgan fingerprint density at radius 1 is 0.943 bits per heavy atom. The Labute approximate surface area is 203 Å². The number of nitrogens with zero attached hydrogens (tertiary/aromatic N) is 3.